The van der Waals surface area contributed by atoms with Crippen LogP contribution in [0.1, 0.15) is 16.4 Å². The molecular formula is C33H27CuN12O4S+3. The minimum atomic E-state index is -4.41. The largest absolute Gasteiger partial charge is 2.00 e. The molecule has 8 bridgehead atoms. The Morgan fingerprint density at radius 1 is 0.608 bits per heavy atom. The zero-order valence-corrected chi connectivity index (χ0v) is 27.4. The van der Waals surface area contributed by atoms with E-state index in [1.807, 2.05) is 0 Å². The van der Waals surface area contributed by atoms with Gasteiger partial charge in [0.2, 0.25) is 32.8 Å². The van der Waals surface area contributed by atoms with Crippen LogP contribution in [0.25, 0.3) is 90.2 Å². The fourth-order valence-corrected chi connectivity index (χ4v) is 5.58. The summed E-state index contributed by atoms with van der Waals surface area (Å²) in [6.45, 7) is -10.9. The van der Waals surface area contributed by atoms with E-state index in [-0.39, 0.29) is 107 Å². The number of fused-ring (bicyclic) bond motifs is 20. The van der Waals surface area contributed by atoms with Crippen molar-refractivity contribution in [3.8, 4) is 45.8 Å². The number of aryl methyl sites for hydroxylation is 4. The third kappa shape index (κ3) is 5.78. The summed E-state index contributed by atoms with van der Waals surface area (Å²) < 4.78 is 135. The van der Waals surface area contributed by atoms with Crippen LogP contribution in [0.15, 0.2) is 73.3 Å². The molecule has 0 fully saturated rings. The van der Waals surface area contributed by atoms with E-state index in [0.29, 0.717) is 0 Å². The minimum Gasteiger partial charge on any atom is -0.726 e. The molecule has 9 heterocycles. The average molecular weight is 763 g/mol. The van der Waals surface area contributed by atoms with Crippen LogP contribution in [-0.4, -0.2) is 50.0 Å². The average Bonchev–Trinajstić information content (AvgIpc) is 3.91. The van der Waals surface area contributed by atoms with Crippen molar-refractivity contribution in [3.05, 3.63) is 73.3 Å². The van der Waals surface area contributed by atoms with E-state index in [0.717, 1.165) is 25.4 Å². The Kier molecular flexibility index (Phi) is 5.49. The number of hydrogen-bond acceptors (Lipinski definition) is 10. The molecule has 0 spiro atoms. The van der Waals surface area contributed by atoms with Crippen LogP contribution >= 0.6 is 0 Å². The van der Waals surface area contributed by atoms with Crippen molar-refractivity contribution in [2.24, 2.45) is 27.9 Å². The van der Waals surface area contributed by atoms with Gasteiger partial charge in [0, 0.05) is 35.6 Å². The summed E-state index contributed by atoms with van der Waals surface area (Å²) in [7, 11) is -3.60. The van der Waals surface area contributed by atoms with Gasteiger partial charge in [0.1, 0.15) is 44.4 Å². The maximum atomic E-state index is 9.22. The Morgan fingerprint density at radius 3 is 1.37 bits per heavy atom. The topological polar surface area (TPSA) is 187 Å². The van der Waals surface area contributed by atoms with E-state index in [9.17, 15) is 13.0 Å². The first-order valence-electron chi connectivity index (χ1n) is 20.3. The Bertz CT molecular complexity index is 3100. The van der Waals surface area contributed by atoms with Crippen LogP contribution in [0.4, 0.5) is 0 Å². The summed E-state index contributed by atoms with van der Waals surface area (Å²) in [5.41, 5.74) is 0.0644. The van der Waals surface area contributed by atoms with E-state index >= 15 is 0 Å². The van der Waals surface area contributed by atoms with Crippen molar-refractivity contribution in [2.45, 2.75) is 0 Å². The van der Waals surface area contributed by atoms with E-state index < -0.39 is 38.3 Å². The van der Waals surface area contributed by atoms with Gasteiger partial charge in [0.05, 0.1) is 52.0 Å². The van der Waals surface area contributed by atoms with Crippen LogP contribution in [0.3, 0.4) is 0 Å². The SMILES string of the molecule is COS(=O)(=O)[O-].[2H]C([2H])([2H])[n+]1cccc2c1-c1nc-2nc2[n-]c(nc3nc(nc4[n-]c(n1)c1ccc[n+](C([2H])([2H])[2H])c41)-c1ccc[n+](C([2H])([2H])[2H])c1-3)c1ccc[n+](C([2H])([2H])[2H])c21.[Cu+2]. The molecular weight excluding hydrogens is 724 g/mol. The zero-order valence-electron chi connectivity index (χ0n) is 37.6. The van der Waals surface area contributed by atoms with Gasteiger partial charge in [-0.15, -0.1) is 0 Å². The second kappa shape index (κ2) is 12.6. The van der Waals surface area contributed by atoms with Crippen LogP contribution in [0.2, 0.25) is 0 Å². The molecule has 2 aliphatic rings. The maximum Gasteiger partial charge on any atom is 2.00 e. The monoisotopic (exact) mass is 762 g/mol. The normalized spacial score (nSPS) is 16.3. The summed E-state index contributed by atoms with van der Waals surface area (Å²) in [4.78, 5) is 37.4. The first-order chi connectivity index (χ1) is 28.8. The zero-order chi connectivity index (χ0) is 44.9. The number of nitrogens with zero attached hydrogens (tertiary/aromatic N) is 12. The second-order valence-electron chi connectivity index (χ2n) is 10.6. The number of aromatic nitrogens is 12. The first kappa shape index (κ1) is 22.2. The molecule has 9 rings (SSSR count). The molecule has 2 aliphatic heterocycles. The molecule has 0 N–H and O–H groups in total. The Morgan fingerprint density at radius 2 is 0.980 bits per heavy atom. The fraction of sp³-hybridized carbons (Fsp3) is 0.152. The number of rotatable bonds is 1. The molecule has 18 heteroatoms. The summed E-state index contributed by atoms with van der Waals surface area (Å²) in [5, 5.41) is 0.422. The molecule has 257 valence electrons. The van der Waals surface area contributed by atoms with Crippen LogP contribution in [0, 0.1) is 0 Å². The van der Waals surface area contributed by atoms with E-state index in [4.69, 9.17) is 36.4 Å². The summed E-state index contributed by atoms with van der Waals surface area (Å²) in [5.74, 6) is -0.455. The van der Waals surface area contributed by atoms with Crippen LogP contribution in [0.5, 0.6) is 0 Å². The van der Waals surface area contributed by atoms with Gasteiger partial charge in [0.15, 0.2) is 36.4 Å². The predicted octanol–water partition coefficient (Wildman–Crippen LogP) is 0.516. The van der Waals surface area contributed by atoms with Gasteiger partial charge in [-0.2, -0.15) is 9.13 Å². The minimum absolute atomic E-state index is 0. The van der Waals surface area contributed by atoms with E-state index in [2.05, 4.69) is 24.1 Å². The van der Waals surface area contributed by atoms with Crippen LogP contribution in [-0.2, 0) is 59.6 Å². The molecule has 51 heavy (non-hydrogen) atoms. The molecule has 0 aliphatic carbocycles. The van der Waals surface area contributed by atoms with Gasteiger partial charge in [-0.05, 0) is 24.3 Å². The second-order valence-corrected chi connectivity index (χ2v) is 11.8. The quantitative estimate of drug-likeness (QED) is 0.0978. The standard InChI is InChI=1S/C32H24N12.CH4O4S.Cu/c1-41-13-5-9-17-21(41)29-33-25(17)38-30-23-19(11-7-15-43(23)3)27(35-30)40-32-24-20(12-8-16-44(24)4)28(36-32)39-31-22-18(26(34-31)37-29)10-6-14-42(22)2;1-5-6(2,3)4;/h5-16H,1-4H3;1H3,(H,2,3,4);/q+2;;+2/p-1/i1D3,2D3,3D3,4D3;;. The van der Waals surface area contributed by atoms with Crippen molar-refractivity contribution < 1.29 is 68.9 Å². The van der Waals surface area contributed by atoms with Crippen molar-refractivity contribution in [3.63, 3.8) is 0 Å². The van der Waals surface area contributed by atoms with Crippen molar-refractivity contribution in [2.75, 3.05) is 7.11 Å². The molecule has 7 aromatic heterocycles. The smallest absolute Gasteiger partial charge is 0.726 e. The van der Waals surface area contributed by atoms with Gasteiger partial charge >= 0.3 is 17.1 Å². The van der Waals surface area contributed by atoms with E-state index in [1.54, 1.807) is 24.3 Å². The molecule has 7 aromatic rings. The van der Waals surface area contributed by atoms with Gasteiger partial charge in [0.25, 0.3) is 0 Å². The molecule has 0 amide bonds. The number of pyridine rings is 4. The van der Waals surface area contributed by atoms with E-state index in [1.165, 1.54) is 49.1 Å². The van der Waals surface area contributed by atoms with Crippen molar-refractivity contribution >= 4 is 54.8 Å². The maximum absolute atomic E-state index is 9.22. The third-order valence-corrected chi connectivity index (χ3v) is 8.09. The molecule has 0 aromatic carbocycles. The van der Waals surface area contributed by atoms with Gasteiger partial charge in [-0.1, -0.05) is 0 Å². The van der Waals surface area contributed by atoms with Crippen molar-refractivity contribution in [1.82, 2.24) is 39.9 Å². The van der Waals surface area contributed by atoms with Crippen LogP contribution < -0.4 is 28.2 Å². The van der Waals surface area contributed by atoms with Gasteiger partial charge in [-0.3, -0.25) is 4.18 Å². The molecule has 0 unspecified atom stereocenters. The fourth-order valence-electron chi connectivity index (χ4n) is 5.58. The summed E-state index contributed by atoms with van der Waals surface area (Å²) >= 11 is 0. The van der Waals surface area contributed by atoms with Gasteiger partial charge < -0.3 is 34.5 Å². The number of hydrogen-bond donors (Lipinski definition) is 0. The summed E-state index contributed by atoms with van der Waals surface area (Å²) in [6.07, 6.45) is 5.31. The first-order valence-corrected chi connectivity index (χ1v) is 15.6. The molecule has 0 saturated heterocycles. The molecule has 0 saturated carbocycles. The van der Waals surface area contributed by atoms with Gasteiger partial charge in [-0.25, -0.2) is 27.5 Å². The van der Waals surface area contributed by atoms with Crippen molar-refractivity contribution in [1.29, 1.82) is 0 Å². The Balaban J connectivity index is 0.000000796. The Hall–Kier alpha value is -5.65. The molecule has 1 radical (unpaired) electrons. The molecule has 0 atom stereocenters. The summed E-state index contributed by atoms with van der Waals surface area (Å²) in [6, 6.07) is 12.2. The molecule has 16 nitrogen and oxygen atoms in total. The Labute approximate surface area is 317 Å². The predicted molar refractivity (Wildman–Crippen MR) is 175 cm³/mol. The third-order valence-electron chi connectivity index (χ3n) is 7.69.